The van der Waals surface area contributed by atoms with Crippen LogP contribution in [0.25, 0.3) is 11.4 Å². The van der Waals surface area contributed by atoms with Crippen molar-refractivity contribution < 1.29 is 0 Å². The van der Waals surface area contributed by atoms with Gasteiger partial charge in [-0.3, -0.25) is 4.79 Å². The van der Waals surface area contributed by atoms with Crippen LogP contribution in [0, 0.1) is 13.8 Å². The molecule has 1 aromatic carbocycles. The van der Waals surface area contributed by atoms with Gasteiger partial charge in [-0.25, -0.2) is 4.98 Å². The Morgan fingerprint density at radius 1 is 1.28 bits per heavy atom. The first-order chi connectivity index (χ1) is 8.51. The number of nitrogens with two attached hydrogens (primary N) is 1. The van der Waals surface area contributed by atoms with Crippen LogP contribution in [-0.4, -0.2) is 9.97 Å². The van der Waals surface area contributed by atoms with Crippen molar-refractivity contribution in [3.05, 3.63) is 49.8 Å². The smallest absolute Gasteiger partial charge is 0.251 e. The van der Waals surface area contributed by atoms with E-state index in [1.807, 2.05) is 26.0 Å². The number of aryl methyl sites for hydroxylation is 2. The number of hydrogen-bond donors (Lipinski definition) is 2. The molecule has 0 fully saturated rings. The van der Waals surface area contributed by atoms with Gasteiger partial charge in [0.15, 0.2) is 0 Å². The average Bonchev–Trinajstić information content (AvgIpc) is 2.34. The number of nitrogens with zero attached hydrogens (tertiary/aromatic N) is 1. The molecule has 4 nitrogen and oxygen atoms in total. The van der Waals surface area contributed by atoms with Crippen LogP contribution >= 0.6 is 15.9 Å². The molecule has 0 spiro atoms. The minimum atomic E-state index is -0.182. The number of hydrogen-bond acceptors (Lipinski definition) is 3. The van der Waals surface area contributed by atoms with Gasteiger partial charge < -0.3 is 10.7 Å². The van der Waals surface area contributed by atoms with Crippen LogP contribution in [0.3, 0.4) is 0 Å². The van der Waals surface area contributed by atoms with E-state index in [0.717, 1.165) is 21.2 Å². The van der Waals surface area contributed by atoms with Gasteiger partial charge in [0.2, 0.25) is 0 Å². The van der Waals surface area contributed by atoms with Crippen LogP contribution in [0.1, 0.15) is 16.8 Å². The fraction of sp³-hybridized carbons (Fsp3) is 0.231. The Morgan fingerprint density at radius 3 is 2.44 bits per heavy atom. The van der Waals surface area contributed by atoms with Crippen molar-refractivity contribution in [1.82, 2.24) is 9.97 Å². The molecular formula is C13H14BrN3O. The Balaban J connectivity index is 2.62. The molecule has 1 heterocycles. The molecule has 0 saturated carbocycles. The van der Waals surface area contributed by atoms with Crippen molar-refractivity contribution in [2.45, 2.75) is 20.4 Å². The number of aromatic amines is 1. The summed E-state index contributed by atoms with van der Waals surface area (Å²) >= 11 is 3.52. The van der Waals surface area contributed by atoms with E-state index in [4.69, 9.17) is 5.73 Å². The fourth-order valence-electron chi connectivity index (χ4n) is 1.83. The zero-order valence-electron chi connectivity index (χ0n) is 10.2. The Labute approximate surface area is 113 Å². The summed E-state index contributed by atoms with van der Waals surface area (Å²) in [5, 5.41) is 0. The van der Waals surface area contributed by atoms with Crippen molar-refractivity contribution in [3.63, 3.8) is 0 Å². The van der Waals surface area contributed by atoms with Gasteiger partial charge in [0.25, 0.3) is 5.56 Å². The van der Waals surface area contributed by atoms with Crippen molar-refractivity contribution in [1.29, 1.82) is 0 Å². The van der Waals surface area contributed by atoms with Gasteiger partial charge in [-0.05, 0) is 37.1 Å². The van der Waals surface area contributed by atoms with Crippen LogP contribution in [-0.2, 0) is 6.54 Å². The number of H-pyrrole nitrogens is 1. The molecule has 0 radical (unpaired) electrons. The van der Waals surface area contributed by atoms with Gasteiger partial charge in [-0.1, -0.05) is 15.9 Å². The van der Waals surface area contributed by atoms with Gasteiger partial charge in [0.1, 0.15) is 5.82 Å². The normalized spacial score (nSPS) is 10.7. The van der Waals surface area contributed by atoms with Crippen LogP contribution < -0.4 is 11.3 Å². The molecule has 0 aliphatic heterocycles. The molecule has 2 rings (SSSR count). The third-order valence-electron chi connectivity index (χ3n) is 2.71. The van der Waals surface area contributed by atoms with Gasteiger partial charge in [-0.15, -0.1) is 0 Å². The molecule has 0 saturated heterocycles. The van der Waals surface area contributed by atoms with Crippen molar-refractivity contribution in [2.75, 3.05) is 0 Å². The minimum absolute atomic E-state index is 0.182. The van der Waals surface area contributed by atoms with Gasteiger partial charge in [-0.2, -0.15) is 0 Å². The largest absolute Gasteiger partial charge is 0.325 e. The van der Waals surface area contributed by atoms with E-state index in [-0.39, 0.29) is 12.1 Å². The highest BCUT2D eigenvalue weighted by Crippen LogP contribution is 2.26. The predicted molar refractivity (Wildman–Crippen MR) is 75.4 cm³/mol. The molecule has 0 aliphatic carbocycles. The van der Waals surface area contributed by atoms with E-state index in [1.54, 1.807) is 0 Å². The van der Waals surface area contributed by atoms with E-state index in [9.17, 15) is 4.79 Å². The van der Waals surface area contributed by atoms with Crippen LogP contribution in [0.5, 0.6) is 0 Å². The van der Waals surface area contributed by atoms with Crippen molar-refractivity contribution >= 4 is 15.9 Å². The maximum atomic E-state index is 11.5. The van der Waals surface area contributed by atoms with Gasteiger partial charge in [0, 0.05) is 22.6 Å². The molecule has 0 aliphatic rings. The molecule has 5 heteroatoms. The third-order valence-corrected chi connectivity index (χ3v) is 3.96. The van der Waals surface area contributed by atoms with E-state index in [2.05, 4.69) is 25.9 Å². The SMILES string of the molecule is Cc1cc(-c2nc(CN)cc(=O)[nH]2)cc(C)c1Br. The lowest BCUT2D eigenvalue weighted by atomic mass is 10.1. The lowest BCUT2D eigenvalue weighted by Crippen LogP contribution is -2.12. The van der Waals surface area contributed by atoms with E-state index in [0.29, 0.717) is 11.5 Å². The maximum absolute atomic E-state index is 11.5. The average molecular weight is 308 g/mol. The van der Waals surface area contributed by atoms with E-state index < -0.39 is 0 Å². The molecule has 18 heavy (non-hydrogen) atoms. The summed E-state index contributed by atoms with van der Waals surface area (Å²) in [7, 11) is 0. The second-order valence-electron chi connectivity index (χ2n) is 4.21. The highest BCUT2D eigenvalue weighted by Gasteiger charge is 2.07. The number of benzene rings is 1. The molecule has 2 aromatic rings. The molecule has 3 N–H and O–H groups in total. The zero-order chi connectivity index (χ0) is 13.3. The summed E-state index contributed by atoms with van der Waals surface area (Å²) in [6.45, 7) is 4.27. The number of halogens is 1. The molecule has 0 unspecified atom stereocenters. The van der Waals surface area contributed by atoms with E-state index >= 15 is 0 Å². The van der Waals surface area contributed by atoms with Crippen LogP contribution in [0.15, 0.2) is 27.5 Å². The summed E-state index contributed by atoms with van der Waals surface area (Å²) in [5.74, 6) is 0.557. The molecule has 0 amide bonds. The Kier molecular flexibility index (Phi) is 3.63. The summed E-state index contributed by atoms with van der Waals surface area (Å²) in [6.07, 6.45) is 0. The molecule has 94 valence electrons. The summed E-state index contributed by atoms with van der Waals surface area (Å²) in [6, 6.07) is 5.38. The quantitative estimate of drug-likeness (QED) is 0.894. The van der Waals surface area contributed by atoms with Crippen molar-refractivity contribution in [2.24, 2.45) is 5.73 Å². The lowest BCUT2D eigenvalue weighted by molar-refractivity contribution is 0.955. The number of rotatable bonds is 2. The monoisotopic (exact) mass is 307 g/mol. The van der Waals surface area contributed by atoms with E-state index in [1.165, 1.54) is 6.07 Å². The summed E-state index contributed by atoms with van der Waals surface area (Å²) in [4.78, 5) is 18.6. The summed E-state index contributed by atoms with van der Waals surface area (Å²) in [5.41, 5.74) is 9.03. The second kappa shape index (κ2) is 5.04. The number of nitrogens with one attached hydrogen (secondary N) is 1. The zero-order valence-corrected chi connectivity index (χ0v) is 11.8. The first kappa shape index (κ1) is 13.0. The summed E-state index contributed by atoms with van der Waals surface area (Å²) < 4.78 is 1.07. The molecule has 0 bridgehead atoms. The second-order valence-corrected chi connectivity index (χ2v) is 5.01. The number of aromatic nitrogens is 2. The van der Waals surface area contributed by atoms with Gasteiger partial charge in [0.05, 0.1) is 5.69 Å². The molecule has 0 atom stereocenters. The lowest BCUT2D eigenvalue weighted by Gasteiger charge is -2.08. The Bertz CT molecular complexity index is 626. The van der Waals surface area contributed by atoms with Gasteiger partial charge >= 0.3 is 0 Å². The Hall–Kier alpha value is -1.46. The molecule has 1 aromatic heterocycles. The predicted octanol–water partition coefficient (Wildman–Crippen LogP) is 2.27. The highest BCUT2D eigenvalue weighted by atomic mass is 79.9. The first-order valence-electron chi connectivity index (χ1n) is 5.58. The maximum Gasteiger partial charge on any atom is 0.251 e. The minimum Gasteiger partial charge on any atom is -0.325 e. The fourth-order valence-corrected chi connectivity index (χ4v) is 2.06. The molecular weight excluding hydrogens is 294 g/mol. The van der Waals surface area contributed by atoms with Crippen LogP contribution in [0.2, 0.25) is 0 Å². The Morgan fingerprint density at radius 2 is 1.89 bits per heavy atom. The van der Waals surface area contributed by atoms with Crippen LogP contribution in [0.4, 0.5) is 0 Å². The topological polar surface area (TPSA) is 71.8 Å². The first-order valence-corrected chi connectivity index (χ1v) is 6.38. The highest BCUT2D eigenvalue weighted by molar-refractivity contribution is 9.10. The van der Waals surface area contributed by atoms with Crippen molar-refractivity contribution in [3.8, 4) is 11.4 Å². The standard InChI is InChI=1S/C13H14BrN3O/c1-7-3-9(4-8(2)12(7)14)13-16-10(6-15)5-11(18)17-13/h3-5H,6,15H2,1-2H3,(H,16,17,18). The third kappa shape index (κ3) is 2.52.